The number of hydrogen-bond donors (Lipinski definition) is 1. The topological polar surface area (TPSA) is 38.3 Å². The Morgan fingerprint density at radius 2 is 1.34 bits per heavy atom. The molecule has 0 radical (unpaired) electrons. The molecule has 0 atom stereocenters. The van der Waals surface area contributed by atoms with Gasteiger partial charge in [0.15, 0.2) is 0 Å². The Hall–Kier alpha value is -2.73. The van der Waals surface area contributed by atoms with Crippen LogP contribution in [0, 0.1) is 17.8 Å². The molecule has 3 nitrogen and oxygen atoms in total. The highest BCUT2D eigenvalue weighted by molar-refractivity contribution is 5.89. The molecular weight excluding hydrogens is 430 g/mol. The van der Waals surface area contributed by atoms with Crippen LogP contribution in [0.1, 0.15) is 102 Å². The van der Waals surface area contributed by atoms with Crippen LogP contribution in [0.2, 0.25) is 0 Å². The van der Waals surface area contributed by atoms with Crippen molar-refractivity contribution in [2.24, 2.45) is 5.92 Å². The standard InChI is InChI=1S/C32H45NO2/c1-28(2)17-13-10-8-6-4-3-5-7-9-11-16-26-33-31-23-20-29(21-24-31)22-25-32(34)35-27-30-18-14-12-15-19-30/h12,14-15,18-21,23-24,28,33H,3-11,13,16-17,26-27H2,1-2H3. The zero-order valence-electron chi connectivity index (χ0n) is 22.0. The first-order valence-electron chi connectivity index (χ1n) is 13.7. The number of carbonyl (C=O) groups excluding carboxylic acids is 1. The van der Waals surface area contributed by atoms with Crippen molar-refractivity contribution in [3.8, 4) is 11.8 Å². The van der Waals surface area contributed by atoms with Gasteiger partial charge >= 0.3 is 5.97 Å². The van der Waals surface area contributed by atoms with E-state index in [1.165, 1.54) is 77.0 Å². The van der Waals surface area contributed by atoms with Gasteiger partial charge in [-0.15, -0.1) is 0 Å². The van der Waals surface area contributed by atoms with Crippen LogP contribution in [-0.4, -0.2) is 12.5 Å². The SMILES string of the molecule is CC(C)CCCCCCCCCCCCCNc1ccc(C#CC(=O)OCc2ccccc2)cc1. The number of benzene rings is 2. The summed E-state index contributed by atoms with van der Waals surface area (Å²) in [6, 6.07) is 17.5. The Labute approximate surface area is 214 Å². The van der Waals surface area contributed by atoms with Gasteiger partial charge in [-0.05, 0) is 42.2 Å². The number of carbonyl (C=O) groups is 1. The molecule has 0 unspecified atom stereocenters. The summed E-state index contributed by atoms with van der Waals surface area (Å²) in [5.41, 5.74) is 2.86. The second kappa shape index (κ2) is 18.6. The van der Waals surface area contributed by atoms with Crippen LogP contribution < -0.4 is 5.32 Å². The zero-order chi connectivity index (χ0) is 25.0. The summed E-state index contributed by atoms with van der Waals surface area (Å²) in [5.74, 6) is 5.79. The minimum absolute atomic E-state index is 0.246. The van der Waals surface area contributed by atoms with E-state index in [0.717, 1.165) is 29.3 Å². The fraction of sp³-hybridized carbons (Fsp3) is 0.531. The lowest BCUT2D eigenvalue weighted by molar-refractivity contribution is -0.137. The van der Waals surface area contributed by atoms with E-state index in [1.807, 2.05) is 54.6 Å². The molecule has 0 bridgehead atoms. The van der Waals surface area contributed by atoms with E-state index in [2.05, 4.69) is 31.0 Å². The molecule has 190 valence electrons. The number of anilines is 1. The minimum Gasteiger partial charge on any atom is -0.451 e. The molecule has 0 saturated carbocycles. The smallest absolute Gasteiger partial charge is 0.385 e. The molecule has 0 heterocycles. The van der Waals surface area contributed by atoms with Gasteiger partial charge in [-0.25, -0.2) is 4.79 Å². The van der Waals surface area contributed by atoms with Gasteiger partial charge in [0.25, 0.3) is 0 Å². The van der Waals surface area contributed by atoms with Crippen LogP contribution in [-0.2, 0) is 16.1 Å². The van der Waals surface area contributed by atoms with E-state index < -0.39 is 5.97 Å². The van der Waals surface area contributed by atoms with Crippen LogP contribution in [0.15, 0.2) is 54.6 Å². The monoisotopic (exact) mass is 475 g/mol. The van der Waals surface area contributed by atoms with Crippen molar-refractivity contribution in [3.05, 3.63) is 65.7 Å². The number of unbranched alkanes of at least 4 members (excludes halogenated alkanes) is 10. The summed E-state index contributed by atoms with van der Waals surface area (Å²) in [6.07, 6.45) is 16.5. The summed E-state index contributed by atoms with van der Waals surface area (Å²) in [5, 5.41) is 3.48. The third kappa shape index (κ3) is 15.0. The Kier molecular flexibility index (Phi) is 15.1. The maximum absolute atomic E-state index is 11.8. The van der Waals surface area contributed by atoms with E-state index in [1.54, 1.807) is 0 Å². The highest BCUT2D eigenvalue weighted by atomic mass is 16.5. The van der Waals surface area contributed by atoms with Gasteiger partial charge in [0.1, 0.15) is 6.61 Å². The highest BCUT2D eigenvalue weighted by Crippen LogP contribution is 2.14. The molecular formula is C32H45NO2. The number of rotatable bonds is 17. The number of ether oxygens (including phenoxy) is 1. The fourth-order valence-corrected chi connectivity index (χ4v) is 4.06. The molecule has 2 rings (SSSR count). The normalized spacial score (nSPS) is 10.6. The van der Waals surface area contributed by atoms with Crippen LogP contribution >= 0.6 is 0 Å². The first-order valence-corrected chi connectivity index (χ1v) is 13.7. The van der Waals surface area contributed by atoms with E-state index in [9.17, 15) is 4.79 Å². The molecule has 0 amide bonds. The molecule has 0 aliphatic carbocycles. The van der Waals surface area contributed by atoms with Crippen molar-refractivity contribution in [3.63, 3.8) is 0 Å². The summed E-state index contributed by atoms with van der Waals surface area (Å²) < 4.78 is 5.19. The maximum atomic E-state index is 11.8. The van der Waals surface area contributed by atoms with E-state index >= 15 is 0 Å². The summed E-state index contributed by atoms with van der Waals surface area (Å²) in [4.78, 5) is 11.8. The zero-order valence-corrected chi connectivity index (χ0v) is 22.0. The van der Waals surface area contributed by atoms with Gasteiger partial charge in [0.2, 0.25) is 0 Å². The first kappa shape index (κ1) is 28.5. The molecule has 0 aliphatic heterocycles. The molecule has 0 saturated heterocycles. The Morgan fingerprint density at radius 1 is 0.771 bits per heavy atom. The highest BCUT2D eigenvalue weighted by Gasteiger charge is 1.99. The Morgan fingerprint density at radius 3 is 1.94 bits per heavy atom. The maximum Gasteiger partial charge on any atom is 0.385 e. The second-order valence-corrected chi connectivity index (χ2v) is 9.89. The largest absolute Gasteiger partial charge is 0.451 e. The number of esters is 1. The third-order valence-electron chi connectivity index (χ3n) is 6.19. The van der Waals surface area contributed by atoms with Gasteiger partial charge in [0.05, 0.1) is 0 Å². The predicted molar refractivity (Wildman–Crippen MR) is 148 cm³/mol. The molecule has 2 aromatic rings. The summed E-state index contributed by atoms with van der Waals surface area (Å²) in [7, 11) is 0. The lowest BCUT2D eigenvalue weighted by Gasteiger charge is -2.07. The quantitative estimate of drug-likeness (QED) is 0.141. The average Bonchev–Trinajstić information content (AvgIpc) is 2.87. The fourth-order valence-electron chi connectivity index (χ4n) is 4.06. The molecule has 2 aromatic carbocycles. The molecule has 0 aromatic heterocycles. The predicted octanol–water partition coefficient (Wildman–Crippen LogP) is 8.53. The molecule has 0 fully saturated rings. The van der Waals surface area contributed by atoms with E-state index in [4.69, 9.17) is 4.74 Å². The summed E-state index contributed by atoms with van der Waals surface area (Å²) >= 11 is 0. The van der Waals surface area contributed by atoms with E-state index in [-0.39, 0.29) is 6.61 Å². The number of nitrogens with one attached hydrogen (secondary N) is 1. The van der Waals surface area contributed by atoms with Gasteiger partial charge < -0.3 is 10.1 Å². The van der Waals surface area contributed by atoms with Gasteiger partial charge in [-0.3, -0.25) is 0 Å². The number of hydrogen-bond acceptors (Lipinski definition) is 3. The minimum atomic E-state index is -0.506. The van der Waals surface area contributed by atoms with Crippen LogP contribution in [0.25, 0.3) is 0 Å². The molecule has 0 spiro atoms. The van der Waals surface area contributed by atoms with Crippen LogP contribution in [0.3, 0.4) is 0 Å². The van der Waals surface area contributed by atoms with Crippen molar-refractivity contribution in [2.75, 3.05) is 11.9 Å². The molecule has 1 N–H and O–H groups in total. The van der Waals surface area contributed by atoms with Crippen molar-refractivity contribution < 1.29 is 9.53 Å². The lowest BCUT2D eigenvalue weighted by atomic mass is 10.0. The van der Waals surface area contributed by atoms with E-state index in [0.29, 0.717) is 0 Å². The summed E-state index contributed by atoms with van der Waals surface area (Å²) in [6.45, 7) is 5.88. The van der Waals surface area contributed by atoms with Gasteiger partial charge in [-0.1, -0.05) is 121 Å². The molecule has 0 aliphatic rings. The second-order valence-electron chi connectivity index (χ2n) is 9.89. The molecule has 3 heteroatoms. The van der Waals surface area contributed by atoms with Crippen molar-refractivity contribution in [1.82, 2.24) is 0 Å². The van der Waals surface area contributed by atoms with Gasteiger partial charge in [0, 0.05) is 23.7 Å². The van der Waals surface area contributed by atoms with Crippen molar-refractivity contribution in [2.45, 2.75) is 97.5 Å². The third-order valence-corrected chi connectivity index (χ3v) is 6.19. The average molecular weight is 476 g/mol. The lowest BCUT2D eigenvalue weighted by Crippen LogP contribution is -2.02. The van der Waals surface area contributed by atoms with Crippen LogP contribution in [0.5, 0.6) is 0 Å². The Balaban J connectivity index is 1.45. The van der Waals surface area contributed by atoms with Gasteiger partial charge in [-0.2, -0.15) is 0 Å². The van der Waals surface area contributed by atoms with Crippen LogP contribution in [0.4, 0.5) is 5.69 Å². The van der Waals surface area contributed by atoms with Crippen molar-refractivity contribution in [1.29, 1.82) is 0 Å². The van der Waals surface area contributed by atoms with Crippen molar-refractivity contribution >= 4 is 11.7 Å². The Bertz CT molecular complexity index is 862. The first-order chi connectivity index (χ1) is 17.1. The molecule has 35 heavy (non-hydrogen) atoms.